The molecule has 0 bridgehead atoms. The summed E-state index contributed by atoms with van der Waals surface area (Å²) in [6.45, 7) is 2.12. The first kappa shape index (κ1) is 11.0. The van der Waals surface area contributed by atoms with Gasteiger partial charge in [-0.2, -0.15) is 0 Å². The van der Waals surface area contributed by atoms with Gasteiger partial charge in [0.25, 0.3) is 0 Å². The van der Waals surface area contributed by atoms with Crippen molar-refractivity contribution < 1.29 is 4.79 Å². The van der Waals surface area contributed by atoms with Gasteiger partial charge in [-0.05, 0) is 29.6 Å². The van der Waals surface area contributed by atoms with Gasteiger partial charge in [0.1, 0.15) is 5.69 Å². The summed E-state index contributed by atoms with van der Waals surface area (Å²) in [5.74, 6) is -0.0493. The molecule has 0 unspecified atom stereocenters. The maximum absolute atomic E-state index is 12.0. The first-order valence-corrected chi connectivity index (χ1v) is 6.05. The molecule has 0 amide bonds. The predicted molar refractivity (Wildman–Crippen MR) is 63.8 cm³/mol. The van der Waals surface area contributed by atoms with E-state index in [0.717, 1.165) is 12.8 Å². The number of hydrogen-bond acceptors (Lipinski definition) is 4. The molecule has 2 rings (SSSR count). The molecule has 0 radical (unpaired) electrons. The molecular weight excluding hydrogens is 220 g/mol. The van der Waals surface area contributed by atoms with Gasteiger partial charge in [-0.1, -0.05) is 36.0 Å². The van der Waals surface area contributed by atoms with Crippen LogP contribution in [0.1, 0.15) is 35.0 Å². The summed E-state index contributed by atoms with van der Waals surface area (Å²) in [6.07, 6.45) is 2.08. The van der Waals surface area contributed by atoms with Crippen LogP contribution in [0.2, 0.25) is 0 Å². The van der Waals surface area contributed by atoms with E-state index in [1.54, 1.807) is 5.38 Å². The highest BCUT2D eigenvalue weighted by Gasteiger charge is 2.11. The van der Waals surface area contributed by atoms with Gasteiger partial charge in [0.05, 0.1) is 0 Å². The van der Waals surface area contributed by atoms with Crippen molar-refractivity contribution in [1.29, 1.82) is 0 Å². The van der Waals surface area contributed by atoms with Crippen molar-refractivity contribution in [2.75, 3.05) is 0 Å². The topological polar surface area (TPSA) is 42.9 Å². The quantitative estimate of drug-likeness (QED) is 0.761. The van der Waals surface area contributed by atoms with E-state index in [2.05, 4.69) is 16.5 Å². The van der Waals surface area contributed by atoms with E-state index in [9.17, 15) is 4.79 Å². The van der Waals surface area contributed by atoms with E-state index in [1.807, 2.05) is 24.3 Å². The first-order chi connectivity index (χ1) is 7.81. The van der Waals surface area contributed by atoms with Crippen molar-refractivity contribution in [2.24, 2.45) is 0 Å². The maximum Gasteiger partial charge on any atom is 0.214 e. The Labute approximate surface area is 98.3 Å². The molecule has 16 heavy (non-hydrogen) atoms. The van der Waals surface area contributed by atoms with Crippen LogP contribution in [0.5, 0.6) is 0 Å². The van der Waals surface area contributed by atoms with Crippen molar-refractivity contribution in [3.63, 3.8) is 0 Å². The standard InChI is InChI=1S/C12H12N2OS/c1-2-4-9-5-3-6-10(7-9)12(15)11-8-16-14-13-11/h3,5-8H,2,4H2,1H3. The Morgan fingerprint density at radius 1 is 1.44 bits per heavy atom. The van der Waals surface area contributed by atoms with Crippen LogP contribution < -0.4 is 0 Å². The molecule has 0 aliphatic carbocycles. The smallest absolute Gasteiger partial charge is 0.214 e. The Kier molecular flexibility index (Phi) is 3.41. The summed E-state index contributed by atoms with van der Waals surface area (Å²) in [5.41, 5.74) is 2.31. The molecule has 4 heteroatoms. The van der Waals surface area contributed by atoms with Crippen LogP contribution in [0.15, 0.2) is 29.6 Å². The van der Waals surface area contributed by atoms with E-state index in [4.69, 9.17) is 0 Å². The Morgan fingerprint density at radius 2 is 2.31 bits per heavy atom. The lowest BCUT2D eigenvalue weighted by atomic mass is 10.0. The second-order valence-corrected chi connectivity index (χ2v) is 4.18. The van der Waals surface area contributed by atoms with Gasteiger partial charge >= 0.3 is 0 Å². The third kappa shape index (κ3) is 2.33. The lowest BCUT2D eigenvalue weighted by Crippen LogP contribution is -2.02. The zero-order valence-corrected chi connectivity index (χ0v) is 9.83. The fourth-order valence-electron chi connectivity index (χ4n) is 1.57. The van der Waals surface area contributed by atoms with Gasteiger partial charge < -0.3 is 0 Å². The summed E-state index contributed by atoms with van der Waals surface area (Å²) in [5, 5.41) is 5.46. The summed E-state index contributed by atoms with van der Waals surface area (Å²) in [6, 6.07) is 7.71. The average Bonchev–Trinajstić information content (AvgIpc) is 2.82. The third-order valence-corrected chi connectivity index (χ3v) is 2.83. The van der Waals surface area contributed by atoms with Crippen molar-refractivity contribution in [3.8, 4) is 0 Å². The summed E-state index contributed by atoms with van der Waals surface area (Å²) >= 11 is 1.20. The van der Waals surface area contributed by atoms with Crippen LogP contribution >= 0.6 is 11.5 Å². The summed E-state index contributed by atoms with van der Waals surface area (Å²) in [7, 11) is 0. The molecule has 3 nitrogen and oxygen atoms in total. The Bertz CT molecular complexity index is 480. The van der Waals surface area contributed by atoms with Gasteiger partial charge in [0.2, 0.25) is 5.78 Å². The molecule has 1 aromatic carbocycles. The van der Waals surface area contributed by atoms with E-state index in [0.29, 0.717) is 11.3 Å². The lowest BCUT2D eigenvalue weighted by Gasteiger charge is -2.01. The Hall–Kier alpha value is -1.55. The minimum atomic E-state index is -0.0493. The van der Waals surface area contributed by atoms with Crippen LogP contribution in [0.3, 0.4) is 0 Å². The average molecular weight is 232 g/mol. The van der Waals surface area contributed by atoms with Crippen molar-refractivity contribution in [2.45, 2.75) is 19.8 Å². The summed E-state index contributed by atoms with van der Waals surface area (Å²) < 4.78 is 3.70. The van der Waals surface area contributed by atoms with E-state index in [1.165, 1.54) is 17.1 Å². The molecule has 0 saturated heterocycles. The van der Waals surface area contributed by atoms with Crippen LogP contribution in [0, 0.1) is 0 Å². The highest BCUT2D eigenvalue weighted by atomic mass is 32.1. The molecular formula is C12H12N2OS. The Balaban J connectivity index is 2.27. The Morgan fingerprint density at radius 3 is 3.00 bits per heavy atom. The zero-order valence-electron chi connectivity index (χ0n) is 9.01. The number of aryl methyl sites for hydroxylation is 1. The molecule has 1 heterocycles. The fourth-order valence-corrected chi connectivity index (χ4v) is 2.00. The number of benzene rings is 1. The number of ketones is 1. The highest BCUT2D eigenvalue weighted by molar-refractivity contribution is 7.03. The molecule has 2 aromatic rings. The van der Waals surface area contributed by atoms with Crippen molar-refractivity contribution in [1.82, 2.24) is 9.59 Å². The van der Waals surface area contributed by atoms with Crippen LogP contribution in [-0.2, 0) is 6.42 Å². The number of hydrogen-bond donors (Lipinski definition) is 0. The molecule has 1 aromatic heterocycles. The third-order valence-electron chi connectivity index (χ3n) is 2.32. The molecule has 82 valence electrons. The molecule has 0 N–H and O–H groups in total. The van der Waals surface area contributed by atoms with Gasteiger partial charge in [-0.15, -0.1) is 5.10 Å². The predicted octanol–water partition coefficient (Wildman–Crippen LogP) is 2.72. The molecule has 0 aliphatic rings. The van der Waals surface area contributed by atoms with E-state index in [-0.39, 0.29) is 5.78 Å². The number of aromatic nitrogens is 2. The molecule has 0 spiro atoms. The second-order valence-electron chi connectivity index (χ2n) is 3.57. The largest absolute Gasteiger partial charge is 0.287 e. The summed E-state index contributed by atoms with van der Waals surface area (Å²) in [4.78, 5) is 12.0. The fraction of sp³-hybridized carbons (Fsp3) is 0.250. The SMILES string of the molecule is CCCc1cccc(C(=O)c2csnn2)c1. The maximum atomic E-state index is 12.0. The monoisotopic (exact) mass is 232 g/mol. The highest BCUT2D eigenvalue weighted by Crippen LogP contribution is 2.12. The van der Waals surface area contributed by atoms with Crippen molar-refractivity contribution in [3.05, 3.63) is 46.5 Å². The number of carbonyl (C=O) groups excluding carboxylic acids is 1. The van der Waals surface area contributed by atoms with Gasteiger partial charge in [-0.25, -0.2) is 0 Å². The molecule has 0 atom stereocenters. The van der Waals surface area contributed by atoms with Crippen molar-refractivity contribution >= 4 is 17.3 Å². The van der Waals surface area contributed by atoms with Crippen LogP contribution in [0.4, 0.5) is 0 Å². The minimum Gasteiger partial charge on any atom is -0.287 e. The van der Waals surface area contributed by atoms with Crippen LogP contribution in [0.25, 0.3) is 0 Å². The number of nitrogens with zero attached hydrogens (tertiary/aromatic N) is 2. The van der Waals surface area contributed by atoms with E-state index < -0.39 is 0 Å². The first-order valence-electron chi connectivity index (χ1n) is 5.22. The molecule has 0 saturated carbocycles. The minimum absolute atomic E-state index is 0.0493. The van der Waals surface area contributed by atoms with E-state index >= 15 is 0 Å². The number of carbonyl (C=O) groups is 1. The lowest BCUT2D eigenvalue weighted by molar-refractivity contribution is 0.103. The number of rotatable bonds is 4. The zero-order chi connectivity index (χ0) is 11.4. The van der Waals surface area contributed by atoms with Gasteiger partial charge in [-0.3, -0.25) is 4.79 Å². The molecule has 0 fully saturated rings. The van der Waals surface area contributed by atoms with Gasteiger partial charge in [0, 0.05) is 10.9 Å². The second kappa shape index (κ2) is 4.99. The molecule has 0 aliphatic heterocycles. The normalized spacial score (nSPS) is 10.3. The van der Waals surface area contributed by atoms with Gasteiger partial charge in [0.15, 0.2) is 0 Å². The van der Waals surface area contributed by atoms with Crippen LogP contribution in [-0.4, -0.2) is 15.4 Å².